The van der Waals surface area contributed by atoms with Crippen molar-refractivity contribution in [2.24, 2.45) is 0 Å². The van der Waals surface area contributed by atoms with E-state index in [1.54, 1.807) is 16.0 Å². The highest BCUT2D eigenvalue weighted by molar-refractivity contribution is 7.09. The van der Waals surface area contributed by atoms with Crippen LogP contribution in [0.2, 0.25) is 0 Å². The molecule has 0 saturated heterocycles. The van der Waals surface area contributed by atoms with E-state index in [1.807, 2.05) is 5.38 Å². The topological polar surface area (TPSA) is 68.0 Å². The largest absolute Gasteiger partial charge is 0.478 e. The van der Waals surface area contributed by atoms with E-state index in [0.717, 1.165) is 17.1 Å². The van der Waals surface area contributed by atoms with Gasteiger partial charge < -0.3 is 5.11 Å². The lowest BCUT2D eigenvalue weighted by Gasteiger charge is -2.00. The Hall–Kier alpha value is -2.47. The lowest BCUT2D eigenvalue weighted by Crippen LogP contribution is -2.00. The maximum atomic E-state index is 10.8. The van der Waals surface area contributed by atoms with Gasteiger partial charge >= 0.3 is 5.97 Å². The van der Waals surface area contributed by atoms with Crippen molar-refractivity contribution >= 4 is 17.3 Å². The number of rotatable bonds is 5. The van der Waals surface area contributed by atoms with E-state index in [0.29, 0.717) is 6.54 Å². The molecule has 1 N–H and O–H groups in total. The molecule has 0 aliphatic heterocycles. The van der Waals surface area contributed by atoms with Gasteiger partial charge in [-0.2, -0.15) is 5.10 Å². The molecule has 0 unspecified atom stereocenters. The number of carboxylic acid groups (broad SMARTS) is 1. The maximum absolute atomic E-state index is 10.8. The van der Waals surface area contributed by atoms with Crippen LogP contribution in [0.4, 0.5) is 0 Å². The van der Waals surface area contributed by atoms with Gasteiger partial charge in [-0.15, -0.1) is 11.3 Å². The molecule has 0 amide bonds. The van der Waals surface area contributed by atoms with Crippen molar-refractivity contribution in [1.82, 2.24) is 14.8 Å². The van der Waals surface area contributed by atoms with Gasteiger partial charge in [0.2, 0.25) is 0 Å². The van der Waals surface area contributed by atoms with Crippen molar-refractivity contribution in [3.05, 3.63) is 69.4 Å². The normalized spacial score (nSPS) is 10.8. The van der Waals surface area contributed by atoms with Crippen molar-refractivity contribution in [2.45, 2.75) is 19.9 Å². The summed E-state index contributed by atoms with van der Waals surface area (Å²) in [6.07, 6.45) is 3.67. The van der Waals surface area contributed by atoms with Gasteiger partial charge in [-0.25, -0.2) is 9.78 Å². The van der Waals surface area contributed by atoms with Crippen LogP contribution in [0.25, 0.3) is 0 Å². The molecule has 0 aliphatic carbocycles. The predicted molar refractivity (Wildman–Crippen MR) is 84.4 cm³/mol. The number of aryl methyl sites for hydroxylation is 1. The van der Waals surface area contributed by atoms with Gasteiger partial charge in [-0.1, -0.05) is 29.8 Å². The van der Waals surface area contributed by atoms with Gasteiger partial charge in [-0.05, 0) is 12.5 Å². The molecular formula is C16H15N3O2S. The summed E-state index contributed by atoms with van der Waals surface area (Å²) in [5, 5.41) is 15.9. The first kappa shape index (κ1) is 14.5. The third-order valence-corrected chi connectivity index (χ3v) is 4.13. The highest BCUT2D eigenvalue weighted by atomic mass is 32.1. The molecule has 0 atom stereocenters. The number of nitrogens with zero attached hydrogens (tertiary/aromatic N) is 3. The average molecular weight is 313 g/mol. The molecule has 5 nitrogen and oxygen atoms in total. The SMILES string of the molecule is Cc1cccc(Cc2csc(Cn3cc(C(=O)O)cn3)n2)c1. The predicted octanol–water partition coefficient (Wildman–Crippen LogP) is 2.99. The molecule has 0 spiro atoms. The Morgan fingerprint density at radius 3 is 3.00 bits per heavy atom. The van der Waals surface area contributed by atoms with Crippen LogP contribution >= 0.6 is 11.3 Å². The van der Waals surface area contributed by atoms with E-state index in [-0.39, 0.29) is 5.56 Å². The van der Waals surface area contributed by atoms with Gasteiger partial charge in [0.25, 0.3) is 0 Å². The zero-order valence-electron chi connectivity index (χ0n) is 12.1. The van der Waals surface area contributed by atoms with Crippen LogP contribution in [0.1, 0.15) is 32.2 Å². The number of hydrogen-bond donors (Lipinski definition) is 1. The minimum atomic E-state index is -0.967. The molecule has 3 rings (SSSR count). The maximum Gasteiger partial charge on any atom is 0.338 e. The van der Waals surface area contributed by atoms with Crippen molar-refractivity contribution in [3.8, 4) is 0 Å². The smallest absolute Gasteiger partial charge is 0.338 e. The van der Waals surface area contributed by atoms with Gasteiger partial charge in [0.05, 0.1) is 24.0 Å². The van der Waals surface area contributed by atoms with E-state index in [2.05, 4.69) is 41.3 Å². The number of carboxylic acids is 1. The number of aromatic carboxylic acids is 1. The summed E-state index contributed by atoms with van der Waals surface area (Å²) in [4.78, 5) is 15.4. The van der Waals surface area contributed by atoms with Crippen LogP contribution in [0.15, 0.2) is 42.0 Å². The zero-order valence-corrected chi connectivity index (χ0v) is 12.9. The number of benzene rings is 1. The molecular weight excluding hydrogens is 298 g/mol. The summed E-state index contributed by atoms with van der Waals surface area (Å²) >= 11 is 1.57. The lowest BCUT2D eigenvalue weighted by atomic mass is 10.1. The number of carbonyl (C=O) groups is 1. The van der Waals surface area contributed by atoms with E-state index >= 15 is 0 Å². The molecule has 6 heteroatoms. The minimum absolute atomic E-state index is 0.191. The Morgan fingerprint density at radius 1 is 1.41 bits per heavy atom. The van der Waals surface area contributed by atoms with E-state index in [4.69, 9.17) is 5.11 Å². The van der Waals surface area contributed by atoms with Crippen LogP contribution in [-0.4, -0.2) is 25.8 Å². The third-order valence-electron chi connectivity index (χ3n) is 3.24. The van der Waals surface area contributed by atoms with Crippen LogP contribution in [0.5, 0.6) is 0 Å². The molecule has 3 aromatic rings. The highest BCUT2D eigenvalue weighted by Gasteiger charge is 2.08. The Morgan fingerprint density at radius 2 is 2.27 bits per heavy atom. The zero-order chi connectivity index (χ0) is 15.5. The van der Waals surface area contributed by atoms with Gasteiger partial charge in [0.15, 0.2) is 0 Å². The van der Waals surface area contributed by atoms with Crippen LogP contribution < -0.4 is 0 Å². The summed E-state index contributed by atoms with van der Waals surface area (Å²) in [5.41, 5.74) is 3.70. The standard InChI is InChI=1S/C16H15N3O2S/c1-11-3-2-4-12(5-11)6-14-10-22-15(18-14)9-19-8-13(7-17-19)16(20)21/h2-5,7-8,10H,6,9H2,1H3,(H,20,21). The highest BCUT2D eigenvalue weighted by Crippen LogP contribution is 2.16. The summed E-state index contributed by atoms with van der Waals surface area (Å²) in [5.74, 6) is -0.967. The van der Waals surface area contributed by atoms with Gasteiger partial charge in [0.1, 0.15) is 5.01 Å². The summed E-state index contributed by atoms with van der Waals surface area (Å²) in [6, 6.07) is 8.38. The quantitative estimate of drug-likeness (QED) is 0.786. The molecule has 2 heterocycles. The van der Waals surface area contributed by atoms with Crippen molar-refractivity contribution < 1.29 is 9.90 Å². The number of hydrogen-bond acceptors (Lipinski definition) is 4. The fraction of sp³-hybridized carbons (Fsp3) is 0.188. The Bertz CT molecular complexity index is 807. The number of thiazole rings is 1. The van der Waals surface area contributed by atoms with E-state index in [1.165, 1.54) is 23.5 Å². The van der Waals surface area contributed by atoms with Crippen molar-refractivity contribution in [1.29, 1.82) is 0 Å². The molecule has 22 heavy (non-hydrogen) atoms. The Labute approximate surface area is 131 Å². The third kappa shape index (κ3) is 3.40. The van der Waals surface area contributed by atoms with Crippen LogP contribution in [0.3, 0.4) is 0 Å². The first-order chi connectivity index (χ1) is 10.6. The Kier molecular flexibility index (Phi) is 4.02. The first-order valence-electron chi connectivity index (χ1n) is 6.85. The van der Waals surface area contributed by atoms with E-state index in [9.17, 15) is 4.79 Å². The fourth-order valence-corrected chi connectivity index (χ4v) is 3.02. The molecule has 0 saturated carbocycles. The van der Waals surface area contributed by atoms with Gasteiger partial charge in [0, 0.05) is 18.0 Å². The first-order valence-corrected chi connectivity index (χ1v) is 7.73. The minimum Gasteiger partial charge on any atom is -0.478 e. The summed E-state index contributed by atoms with van der Waals surface area (Å²) in [7, 11) is 0. The average Bonchev–Trinajstić information content (AvgIpc) is 3.09. The van der Waals surface area contributed by atoms with Gasteiger partial charge in [-0.3, -0.25) is 4.68 Å². The van der Waals surface area contributed by atoms with Crippen LogP contribution in [-0.2, 0) is 13.0 Å². The molecule has 0 bridgehead atoms. The summed E-state index contributed by atoms with van der Waals surface area (Å²) in [6.45, 7) is 2.57. The van der Waals surface area contributed by atoms with E-state index < -0.39 is 5.97 Å². The molecule has 1 aromatic carbocycles. The second-order valence-corrected chi connectivity index (χ2v) is 6.07. The van der Waals surface area contributed by atoms with Crippen LogP contribution in [0, 0.1) is 6.92 Å². The monoisotopic (exact) mass is 313 g/mol. The summed E-state index contributed by atoms with van der Waals surface area (Å²) < 4.78 is 1.60. The van der Waals surface area contributed by atoms with Crippen molar-refractivity contribution in [2.75, 3.05) is 0 Å². The molecule has 0 aliphatic rings. The van der Waals surface area contributed by atoms with Crippen molar-refractivity contribution in [3.63, 3.8) is 0 Å². The molecule has 112 valence electrons. The second kappa shape index (κ2) is 6.11. The second-order valence-electron chi connectivity index (χ2n) is 5.13. The Balaban J connectivity index is 1.69. The lowest BCUT2D eigenvalue weighted by molar-refractivity contribution is 0.0697. The molecule has 0 fully saturated rings. The molecule has 2 aromatic heterocycles. The molecule has 0 radical (unpaired) electrons. The number of aromatic nitrogens is 3. The fourth-order valence-electron chi connectivity index (χ4n) is 2.23.